The molecule has 1 aliphatic rings. The topological polar surface area (TPSA) is 29.3 Å². The summed E-state index contributed by atoms with van der Waals surface area (Å²) in [6.07, 6.45) is 2.19. The molecule has 0 saturated carbocycles. The fourth-order valence-electron chi connectivity index (χ4n) is 3.45. The quantitative estimate of drug-likeness (QED) is 0.925. The Bertz CT molecular complexity index is 603. The van der Waals surface area contributed by atoms with Gasteiger partial charge in [-0.15, -0.1) is 0 Å². The predicted molar refractivity (Wildman–Crippen MR) is 89.7 cm³/mol. The predicted octanol–water partition coefficient (Wildman–Crippen LogP) is 3.70. The molecular weight excluding hydrogens is 256 g/mol. The third kappa shape index (κ3) is 2.56. The third-order valence-corrected chi connectivity index (χ3v) is 4.59. The van der Waals surface area contributed by atoms with Crippen LogP contribution in [0.2, 0.25) is 0 Å². The minimum absolute atomic E-state index is 0.259. The number of aryl methyl sites for hydroxylation is 1. The van der Waals surface area contributed by atoms with Gasteiger partial charge in [0.1, 0.15) is 0 Å². The standard InChI is InChI=1S/C19H24N2/c1-3-15-8-10-16(11-9-15)19(13-20)21-14(2)12-17-6-4-5-7-18(17)21/h4-11,14,19H,3,12-13,20H2,1-2H3. The molecule has 0 bridgehead atoms. The number of hydrogen-bond acceptors (Lipinski definition) is 2. The smallest absolute Gasteiger partial charge is 0.0668 e. The molecule has 2 heteroatoms. The summed E-state index contributed by atoms with van der Waals surface area (Å²) < 4.78 is 0. The number of fused-ring (bicyclic) bond motifs is 1. The average molecular weight is 280 g/mol. The van der Waals surface area contributed by atoms with Crippen LogP contribution in [0.5, 0.6) is 0 Å². The lowest BCUT2D eigenvalue weighted by atomic mass is 10.0. The Morgan fingerprint density at radius 3 is 2.52 bits per heavy atom. The van der Waals surface area contributed by atoms with E-state index in [4.69, 9.17) is 5.73 Å². The Hall–Kier alpha value is -1.80. The molecule has 2 nitrogen and oxygen atoms in total. The molecule has 21 heavy (non-hydrogen) atoms. The zero-order valence-electron chi connectivity index (χ0n) is 12.9. The number of nitrogens with zero attached hydrogens (tertiary/aromatic N) is 1. The molecule has 110 valence electrons. The van der Waals surface area contributed by atoms with Gasteiger partial charge in [0.2, 0.25) is 0 Å². The van der Waals surface area contributed by atoms with Crippen molar-refractivity contribution < 1.29 is 0 Å². The van der Waals surface area contributed by atoms with Crippen LogP contribution in [0.25, 0.3) is 0 Å². The second-order valence-electron chi connectivity index (χ2n) is 5.94. The highest BCUT2D eigenvalue weighted by Crippen LogP contribution is 2.38. The Morgan fingerprint density at radius 1 is 1.14 bits per heavy atom. The summed E-state index contributed by atoms with van der Waals surface area (Å²) >= 11 is 0. The first-order valence-corrected chi connectivity index (χ1v) is 7.89. The normalized spacial score (nSPS) is 18.6. The largest absolute Gasteiger partial charge is 0.360 e. The summed E-state index contributed by atoms with van der Waals surface area (Å²) in [5, 5.41) is 0. The molecular formula is C19H24N2. The molecule has 0 spiro atoms. The number of anilines is 1. The highest BCUT2D eigenvalue weighted by atomic mass is 15.2. The first-order chi connectivity index (χ1) is 10.2. The molecule has 2 N–H and O–H groups in total. The number of nitrogens with two attached hydrogens (primary N) is 1. The van der Waals surface area contributed by atoms with Crippen molar-refractivity contribution in [2.45, 2.75) is 38.8 Å². The van der Waals surface area contributed by atoms with Crippen molar-refractivity contribution in [2.24, 2.45) is 5.73 Å². The number of para-hydroxylation sites is 1. The van der Waals surface area contributed by atoms with Crippen molar-refractivity contribution in [3.8, 4) is 0 Å². The zero-order chi connectivity index (χ0) is 14.8. The lowest BCUT2D eigenvalue weighted by Crippen LogP contribution is -2.37. The zero-order valence-corrected chi connectivity index (χ0v) is 12.9. The van der Waals surface area contributed by atoms with Crippen molar-refractivity contribution in [3.63, 3.8) is 0 Å². The fourth-order valence-corrected chi connectivity index (χ4v) is 3.45. The van der Waals surface area contributed by atoms with E-state index >= 15 is 0 Å². The monoisotopic (exact) mass is 280 g/mol. The first kappa shape index (κ1) is 14.2. The van der Waals surface area contributed by atoms with E-state index < -0.39 is 0 Å². The van der Waals surface area contributed by atoms with E-state index in [9.17, 15) is 0 Å². The molecule has 2 aromatic rings. The van der Waals surface area contributed by atoms with Gasteiger partial charge in [-0.3, -0.25) is 0 Å². The van der Waals surface area contributed by atoms with E-state index in [1.54, 1.807) is 0 Å². The van der Waals surface area contributed by atoms with Gasteiger partial charge in [0, 0.05) is 18.3 Å². The van der Waals surface area contributed by atoms with Crippen LogP contribution in [-0.2, 0) is 12.8 Å². The summed E-state index contributed by atoms with van der Waals surface area (Å²) in [5.74, 6) is 0. The van der Waals surface area contributed by atoms with E-state index in [1.807, 2.05) is 0 Å². The van der Waals surface area contributed by atoms with Crippen LogP contribution in [0.15, 0.2) is 48.5 Å². The number of rotatable bonds is 4. The first-order valence-electron chi connectivity index (χ1n) is 7.89. The summed E-state index contributed by atoms with van der Waals surface area (Å²) in [4.78, 5) is 2.50. The van der Waals surface area contributed by atoms with Gasteiger partial charge in [-0.1, -0.05) is 49.4 Å². The Morgan fingerprint density at radius 2 is 1.86 bits per heavy atom. The van der Waals surface area contributed by atoms with Gasteiger partial charge in [-0.25, -0.2) is 0 Å². The second kappa shape index (κ2) is 5.90. The molecule has 1 aliphatic heterocycles. The summed E-state index contributed by atoms with van der Waals surface area (Å²) in [6.45, 7) is 5.13. The Balaban J connectivity index is 1.95. The van der Waals surface area contributed by atoms with Gasteiger partial charge >= 0.3 is 0 Å². The van der Waals surface area contributed by atoms with E-state index in [2.05, 4.69) is 67.3 Å². The lowest BCUT2D eigenvalue weighted by molar-refractivity contribution is 0.569. The maximum Gasteiger partial charge on any atom is 0.0668 e. The van der Waals surface area contributed by atoms with Crippen molar-refractivity contribution in [3.05, 3.63) is 65.2 Å². The average Bonchev–Trinajstić information content (AvgIpc) is 2.85. The fraction of sp³-hybridized carbons (Fsp3) is 0.368. The van der Waals surface area contributed by atoms with Crippen LogP contribution in [0.3, 0.4) is 0 Å². The third-order valence-electron chi connectivity index (χ3n) is 4.59. The van der Waals surface area contributed by atoms with Crippen LogP contribution in [-0.4, -0.2) is 12.6 Å². The molecule has 2 atom stereocenters. The van der Waals surface area contributed by atoms with E-state index in [1.165, 1.54) is 22.4 Å². The van der Waals surface area contributed by atoms with Crippen LogP contribution < -0.4 is 10.6 Å². The molecule has 1 heterocycles. The number of hydrogen-bond donors (Lipinski definition) is 1. The summed E-state index contributed by atoms with van der Waals surface area (Å²) in [6, 6.07) is 18.4. The molecule has 0 amide bonds. The molecule has 0 radical (unpaired) electrons. The SMILES string of the molecule is CCc1ccc(C(CN)N2c3ccccc3CC2C)cc1. The maximum absolute atomic E-state index is 6.13. The van der Waals surface area contributed by atoms with Crippen LogP contribution in [0, 0.1) is 0 Å². The summed E-state index contributed by atoms with van der Waals surface area (Å²) in [5.41, 5.74) is 11.6. The van der Waals surface area contributed by atoms with Gasteiger partial charge in [-0.05, 0) is 42.5 Å². The van der Waals surface area contributed by atoms with Crippen LogP contribution in [0.1, 0.15) is 36.6 Å². The second-order valence-corrected chi connectivity index (χ2v) is 5.94. The molecule has 0 fully saturated rings. The highest BCUT2D eigenvalue weighted by molar-refractivity contribution is 5.61. The van der Waals surface area contributed by atoms with E-state index in [0.717, 1.165) is 12.8 Å². The lowest BCUT2D eigenvalue weighted by Gasteiger charge is -2.34. The van der Waals surface area contributed by atoms with E-state index in [0.29, 0.717) is 12.6 Å². The molecule has 0 aliphatic carbocycles. The molecule has 3 rings (SSSR count). The van der Waals surface area contributed by atoms with Crippen molar-refractivity contribution in [1.82, 2.24) is 0 Å². The highest BCUT2D eigenvalue weighted by Gasteiger charge is 2.31. The molecule has 2 aromatic carbocycles. The Kier molecular flexibility index (Phi) is 3.98. The van der Waals surface area contributed by atoms with Gasteiger partial charge in [0.25, 0.3) is 0 Å². The van der Waals surface area contributed by atoms with Crippen molar-refractivity contribution >= 4 is 5.69 Å². The van der Waals surface area contributed by atoms with Crippen molar-refractivity contribution in [1.29, 1.82) is 0 Å². The van der Waals surface area contributed by atoms with Gasteiger partial charge in [-0.2, -0.15) is 0 Å². The van der Waals surface area contributed by atoms with E-state index in [-0.39, 0.29) is 6.04 Å². The minimum atomic E-state index is 0.259. The van der Waals surface area contributed by atoms with Gasteiger partial charge in [0.15, 0.2) is 0 Å². The summed E-state index contributed by atoms with van der Waals surface area (Å²) in [7, 11) is 0. The van der Waals surface area contributed by atoms with Crippen LogP contribution >= 0.6 is 0 Å². The van der Waals surface area contributed by atoms with Crippen LogP contribution in [0.4, 0.5) is 5.69 Å². The number of benzene rings is 2. The Labute approximate surface area is 127 Å². The maximum atomic E-state index is 6.13. The molecule has 0 saturated heterocycles. The van der Waals surface area contributed by atoms with Gasteiger partial charge < -0.3 is 10.6 Å². The van der Waals surface area contributed by atoms with Crippen molar-refractivity contribution in [2.75, 3.05) is 11.4 Å². The molecule has 2 unspecified atom stereocenters. The minimum Gasteiger partial charge on any atom is -0.360 e. The molecule has 0 aromatic heterocycles. The van der Waals surface area contributed by atoms with Gasteiger partial charge in [0.05, 0.1) is 6.04 Å².